The van der Waals surface area contributed by atoms with E-state index in [4.69, 9.17) is 4.74 Å². The van der Waals surface area contributed by atoms with Crippen molar-refractivity contribution < 1.29 is 22.7 Å². The summed E-state index contributed by atoms with van der Waals surface area (Å²) in [5, 5.41) is 1.23. The maximum Gasteiger partial charge on any atom is 0.416 e. The third kappa shape index (κ3) is 4.65. The third-order valence-electron chi connectivity index (χ3n) is 6.38. The van der Waals surface area contributed by atoms with Crippen LogP contribution in [0.15, 0.2) is 62.3 Å². The van der Waals surface area contributed by atoms with Gasteiger partial charge in [0.2, 0.25) is 0 Å². The van der Waals surface area contributed by atoms with Gasteiger partial charge in [-0.05, 0) is 54.9 Å². The Morgan fingerprint density at radius 1 is 1.06 bits per heavy atom. The standard InChI is InChI=1S/C25H24F3N3O2S2/c1-30-19-14-18(33-2)11-12-20(19)34-23(30)21-22(32)31(17-9-4-3-5-10-17)24(35-21)29-16-8-6-7-15(13-16)25(26,27)28/h6-8,11-14,17H,3-5,9-10H2,1-2H3. The molecule has 5 nitrogen and oxygen atoms in total. The Labute approximate surface area is 210 Å². The zero-order chi connectivity index (χ0) is 24.7. The van der Waals surface area contributed by atoms with Gasteiger partial charge in [0.15, 0.2) is 5.17 Å². The Bertz CT molecular complexity index is 1220. The molecular weight excluding hydrogens is 495 g/mol. The number of hydrogen-bond acceptors (Lipinski definition) is 6. The maximum atomic E-state index is 13.8. The number of rotatable bonds is 3. The molecule has 0 unspecified atom stereocenters. The Morgan fingerprint density at radius 3 is 2.54 bits per heavy atom. The number of amidine groups is 1. The molecule has 1 saturated heterocycles. The zero-order valence-electron chi connectivity index (χ0n) is 19.3. The molecule has 2 aliphatic heterocycles. The molecule has 1 saturated carbocycles. The zero-order valence-corrected chi connectivity index (χ0v) is 20.9. The van der Waals surface area contributed by atoms with Crippen LogP contribution in [-0.4, -0.2) is 36.2 Å². The van der Waals surface area contributed by atoms with Gasteiger partial charge in [0.1, 0.15) is 10.7 Å². The second-order valence-electron chi connectivity index (χ2n) is 8.64. The lowest BCUT2D eigenvalue weighted by atomic mass is 9.94. The molecule has 10 heteroatoms. The van der Waals surface area contributed by atoms with Gasteiger partial charge in [0, 0.05) is 24.1 Å². The molecule has 2 aromatic rings. The molecule has 2 fully saturated rings. The molecule has 184 valence electrons. The molecule has 0 spiro atoms. The Morgan fingerprint density at radius 2 is 1.83 bits per heavy atom. The highest BCUT2D eigenvalue weighted by Gasteiger charge is 2.42. The summed E-state index contributed by atoms with van der Waals surface area (Å²) in [5.74, 6) is 0.588. The number of anilines is 1. The highest BCUT2D eigenvalue weighted by molar-refractivity contribution is 8.19. The fraction of sp³-hybridized carbons (Fsp3) is 0.360. The van der Waals surface area contributed by atoms with Crippen molar-refractivity contribution in [3.8, 4) is 5.75 Å². The van der Waals surface area contributed by atoms with Crippen LogP contribution in [0.4, 0.5) is 24.5 Å². The molecule has 0 atom stereocenters. The minimum Gasteiger partial charge on any atom is -0.497 e. The summed E-state index contributed by atoms with van der Waals surface area (Å²) in [7, 11) is 3.51. The van der Waals surface area contributed by atoms with Crippen LogP contribution in [-0.2, 0) is 11.0 Å². The summed E-state index contributed by atoms with van der Waals surface area (Å²) in [5.41, 5.74) is 0.368. The lowest BCUT2D eigenvalue weighted by molar-refractivity contribution is -0.137. The Balaban J connectivity index is 1.55. The van der Waals surface area contributed by atoms with E-state index in [-0.39, 0.29) is 17.6 Å². The van der Waals surface area contributed by atoms with Gasteiger partial charge in [0.05, 0.1) is 29.1 Å². The molecular formula is C25H24F3N3O2S2. The van der Waals surface area contributed by atoms with Crippen LogP contribution in [0.1, 0.15) is 37.7 Å². The Hall–Kier alpha value is -2.59. The van der Waals surface area contributed by atoms with E-state index in [9.17, 15) is 18.0 Å². The van der Waals surface area contributed by atoms with Gasteiger partial charge in [-0.1, -0.05) is 37.1 Å². The summed E-state index contributed by atoms with van der Waals surface area (Å²) in [6.07, 6.45) is 0.411. The topological polar surface area (TPSA) is 45.1 Å². The fourth-order valence-corrected chi connectivity index (χ4v) is 6.95. The number of alkyl halides is 3. The second-order valence-corrected chi connectivity index (χ2v) is 10.6. The number of methoxy groups -OCH3 is 1. The quantitative estimate of drug-likeness (QED) is 0.408. The molecule has 3 aliphatic rings. The van der Waals surface area contributed by atoms with Gasteiger partial charge in [-0.3, -0.25) is 9.69 Å². The number of fused-ring (bicyclic) bond motifs is 1. The van der Waals surface area contributed by atoms with Crippen molar-refractivity contribution >= 4 is 46.0 Å². The van der Waals surface area contributed by atoms with Crippen LogP contribution in [0.3, 0.4) is 0 Å². The van der Waals surface area contributed by atoms with Gasteiger partial charge in [-0.25, -0.2) is 4.99 Å². The number of carbonyl (C=O) groups excluding carboxylic acids is 1. The largest absolute Gasteiger partial charge is 0.497 e. The van der Waals surface area contributed by atoms with Crippen molar-refractivity contribution in [1.82, 2.24) is 4.90 Å². The predicted octanol–water partition coefficient (Wildman–Crippen LogP) is 7.02. The fourth-order valence-electron chi connectivity index (χ4n) is 4.57. The number of nitrogens with zero attached hydrogens (tertiary/aromatic N) is 3. The molecule has 0 N–H and O–H groups in total. The number of hydrogen-bond donors (Lipinski definition) is 0. The molecule has 2 aromatic carbocycles. The number of thioether (sulfide) groups is 2. The van der Waals surface area contributed by atoms with Gasteiger partial charge in [-0.15, -0.1) is 0 Å². The first-order valence-electron chi connectivity index (χ1n) is 11.4. The molecule has 2 heterocycles. The molecule has 5 rings (SSSR count). The molecule has 0 radical (unpaired) electrons. The number of aliphatic imine (C=N–C) groups is 1. The van der Waals surface area contributed by atoms with E-state index in [1.54, 1.807) is 12.0 Å². The van der Waals surface area contributed by atoms with Crippen molar-refractivity contribution in [3.05, 3.63) is 58.0 Å². The van der Waals surface area contributed by atoms with Crippen LogP contribution < -0.4 is 9.64 Å². The second kappa shape index (κ2) is 9.46. The van der Waals surface area contributed by atoms with E-state index in [2.05, 4.69) is 4.99 Å². The molecule has 0 bridgehead atoms. The van der Waals surface area contributed by atoms with Crippen molar-refractivity contribution in [2.24, 2.45) is 4.99 Å². The summed E-state index contributed by atoms with van der Waals surface area (Å²) in [4.78, 5) is 23.6. The molecule has 1 aliphatic carbocycles. The van der Waals surface area contributed by atoms with Crippen molar-refractivity contribution in [3.63, 3.8) is 0 Å². The maximum absolute atomic E-state index is 13.8. The Kier molecular flexibility index (Phi) is 6.52. The highest BCUT2D eigenvalue weighted by Crippen LogP contribution is 2.51. The van der Waals surface area contributed by atoms with E-state index < -0.39 is 11.7 Å². The lowest BCUT2D eigenvalue weighted by Crippen LogP contribution is -2.40. The predicted molar refractivity (Wildman–Crippen MR) is 134 cm³/mol. The van der Waals surface area contributed by atoms with Gasteiger partial charge in [0.25, 0.3) is 5.91 Å². The van der Waals surface area contributed by atoms with Crippen LogP contribution in [0.25, 0.3) is 0 Å². The first-order valence-corrected chi connectivity index (χ1v) is 13.0. The van der Waals surface area contributed by atoms with E-state index in [1.807, 2.05) is 30.1 Å². The number of benzene rings is 2. The first kappa shape index (κ1) is 24.1. The number of ether oxygens (including phenoxy) is 1. The number of amides is 1. The summed E-state index contributed by atoms with van der Waals surface area (Å²) in [6.45, 7) is 0. The first-order chi connectivity index (χ1) is 16.8. The SMILES string of the molecule is COc1ccc2c(c1)N(C)C(=C1SC(=Nc3cccc(C(F)(F)F)c3)N(C3CCCCC3)C1=O)S2. The summed E-state index contributed by atoms with van der Waals surface area (Å²) >= 11 is 2.75. The summed E-state index contributed by atoms with van der Waals surface area (Å²) < 4.78 is 45.1. The average Bonchev–Trinajstić information content (AvgIpc) is 3.34. The normalized spacial score (nSPS) is 22.3. The van der Waals surface area contributed by atoms with Gasteiger partial charge in [-0.2, -0.15) is 13.2 Å². The summed E-state index contributed by atoms with van der Waals surface area (Å²) in [6, 6.07) is 10.7. The van der Waals surface area contributed by atoms with E-state index in [0.29, 0.717) is 10.1 Å². The van der Waals surface area contributed by atoms with Gasteiger partial charge < -0.3 is 9.64 Å². The van der Waals surface area contributed by atoms with Crippen LogP contribution >= 0.6 is 23.5 Å². The molecule has 35 heavy (non-hydrogen) atoms. The average molecular weight is 520 g/mol. The van der Waals surface area contributed by atoms with Crippen molar-refractivity contribution in [2.75, 3.05) is 19.1 Å². The van der Waals surface area contributed by atoms with Crippen molar-refractivity contribution in [2.45, 2.75) is 49.2 Å². The monoisotopic (exact) mass is 519 g/mol. The van der Waals surface area contributed by atoms with E-state index in [1.165, 1.54) is 35.7 Å². The van der Waals surface area contributed by atoms with Crippen molar-refractivity contribution in [1.29, 1.82) is 0 Å². The van der Waals surface area contributed by atoms with Crippen LogP contribution in [0.5, 0.6) is 5.75 Å². The van der Waals surface area contributed by atoms with E-state index in [0.717, 1.165) is 65.6 Å². The number of halogens is 3. The minimum absolute atomic E-state index is 0.00872. The lowest BCUT2D eigenvalue weighted by Gasteiger charge is -2.30. The van der Waals surface area contributed by atoms with Gasteiger partial charge >= 0.3 is 6.18 Å². The number of carbonyl (C=O) groups is 1. The minimum atomic E-state index is -4.46. The van der Waals surface area contributed by atoms with Crippen LogP contribution in [0.2, 0.25) is 0 Å². The highest BCUT2D eigenvalue weighted by atomic mass is 32.2. The molecule has 0 aromatic heterocycles. The smallest absolute Gasteiger partial charge is 0.416 e. The van der Waals surface area contributed by atoms with Crippen LogP contribution in [0, 0.1) is 0 Å². The third-order valence-corrected chi connectivity index (χ3v) is 8.79. The van der Waals surface area contributed by atoms with E-state index >= 15 is 0 Å². The molecule has 1 amide bonds.